The highest BCUT2D eigenvalue weighted by atomic mass is 16.2. The number of carbonyl (C=O) groups is 1. The zero-order chi connectivity index (χ0) is 13.2. The van der Waals surface area contributed by atoms with E-state index in [1.165, 1.54) is 4.57 Å². The minimum atomic E-state index is -0.154. The molecule has 2 aromatic heterocycles. The monoisotopic (exact) mass is 247 g/mol. The lowest BCUT2D eigenvalue weighted by atomic mass is 10.2. The Labute approximate surface area is 109 Å². The largest absolute Gasteiger partial charge is 0.268 e. The lowest BCUT2D eigenvalue weighted by molar-refractivity contribution is 0.0964. The van der Waals surface area contributed by atoms with Gasteiger partial charge in [-0.05, 0) is 30.3 Å². The van der Waals surface area contributed by atoms with Crippen LogP contribution in [0, 0.1) is 11.3 Å². The molecule has 0 radical (unpaired) electrons. The highest BCUT2D eigenvalue weighted by molar-refractivity contribution is 6.01. The topological polar surface area (TPSA) is 58.7 Å². The SMILES string of the molecule is N#Cc1ccc2ccn(C(=O)c3ccccc3)c2n1. The summed E-state index contributed by atoms with van der Waals surface area (Å²) in [5.41, 5.74) is 1.39. The standard InChI is InChI=1S/C15H9N3O/c16-10-13-7-6-11-8-9-18(14(11)17-13)15(19)12-4-2-1-3-5-12/h1-9H. The Morgan fingerprint density at radius 3 is 2.63 bits per heavy atom. The van der Waals surface area contributed by atoms with E-state index < -0.39 is 0 Å². The third kappa shape index (κ3) is 1.87. The van der Waals surface area contributed by atoms with Gasteiger partial charge >= 0.3 is 0 Å². The van der Waals surface area contributed by atoms with Crippen LogP contribution in [0.2, 0.25) is 0 Å². The van der Waals surface area contributed by atoms with Crippen molar-refractivity contribution in [1.82, 2.24) is 9.55 Å². The summed E-state index contributed by atoms with van der Waals surface area (Å²) in [5.74, 6) is -0.154. The fraction of sp³-hybridized carbons (Fsp3) is 0. The Hall–Kier alpha value is -2.93. The molecule has 0 amide bonds. The molecule has 0 aliphatic heterocycles. The molecule has 3 rings (SSSR count). The molecule has 4 heteroatoms. The number of nitriles is 1. The van der Waals surface area contributed by atoms with E-state index in [4.69, 9.17) is 5.26 Å². The van der Waals surface area contributed by atoms with Gasteiger partial charge in [-0.25, -0.2) is 4.98 Å². The lowest BCUT2D eigenvalue weighted by Gasteiger charge is -2.03. The van der Waals surface area contributed by atoms with Gasteiger partial charge in [-0.2, -0.15) is 5.26 Å². The summed E-state index contributed by atoms with van der Waals surface area (Å²) in [6.45, 7) is 0. The van der Waals surface area contributed by atoms with Crippen LogP contribution in [-0.4, -0.2) is 15.5 Å². The van der Waals surface area contributed by atoms with E-state index in [1.807, 2.05) is 30.3 Å². The molecule has 4 nitrogen and oxygen atoms in total. The zero-order valence-electron chi connectivity index (χ0n) is 9.95. The maximum absolute atomic E-state index is 12.4. The summed E-state index contributed by atoms with van der Waals surface area (Å²) in [5, 5.41) is 9.71. The number of hydrogen-bond donors (Lipinski definition) is 0. The average molecular weight is 247 g/mol. The molecule has 0 N–H and O–H groups in total. The highest BCUT2D eigenvalue weighted by Gasteiger charge is 2.12. The molecule has 19 heavy (non-hydrogen) atoms. The number of nitrogens with zero attached hydrogens (tertiary/aromatic N) is 3. The summed E-state index contributed by atoms with van der Waals surface area (Å²) in [6.07, 6.45) is 1.67. The fourth-order valence-electron chi connectivity index (χ4n) is 1.95. The molecule has 0 bridgehead atoms. The maximum atomic E-state index is 12.4. The molecule has 2 heterocycles. The van der Waals surface area contributed by atoms with Crippen molar-refractivity contribution in [1.29, 1.82) is 5.26 Å². The predicted octanol–water partition coefficient (Wildman–Crippen LogP) is 2.60. The van der Waals surface area contributed by atoms with Crippen molar-refractivity contribution in [2.24, 2.45) is 0 Å². The second-order valence-electron chi connectivity index (χ2n) is 4.08. The second kappa shape index (κ2) is 4.39. The normalized spacial score (nSPS) is 10.3. The van der Waals surface area contributed by atoms with E-state index >= 15 is 0 Å². The van der Waals surface area contributed by atoms with Crippen LogP contribution in [0.1, 0.15) is 16.1 Å². The van der Waals surface area contributed by atoms with Gasteiger partial charge in [0.05, 0.1) is 0 Å². The molecular formula is C15H9N3O. The number of hydrogen-bond acceptors (Lipinski definition) is 3. The summed E-state index contributed by atoms with van der Waals surface area (Å²) in [4.78, 5) is 16.5. The molecule has 0 spiro atoms. The van der Waals surface area contributed by atoms with Crippen LogP contribution in [0.4, 0.5) is 0 Å². The van der Waals surface area contributed by atoms with Crippen LogP contribution in [0.5, 0.6) is 0 Å². The highest BCUT2D eigenvalue weighted by Crippen LogP contribution is 2.15. The Balaban J connectivity index is 2.16. The number of benzene rings is 1. The molecule has 3 aromatic rings. The number of carbonyl (C=O) groups excluding carboxylic acids is 1. The van der Waals surface area contributed by atoms with Crippen LogP contribution in [0.15, 0.2) is 54.7 Å². The van der Waals surface area contributed by atoms with E-state index in [1.54, 1.807) is 30.5 Å². The van der Waals surface area contributed by atoms with E-state index in [0.29, 0.717) is 16.9 Å². The van der Waals surface area contributed by atoms with E-state index in [2.05, 4.69) is 4.98 Å². The number of fused-ring (bicyclic) bond motifs is 1. The molecular weight excluding hydrogens is 238 g/mol. The van der Waals surface area contributed by atoms with Crippen LogP contribution >= 0.6 is 0 Å². The molecule has 90 valence electrons. The average Bonchev–Trinajstić information content (AvgIpc) is 2.90. The summed E-state index contributed by atoms with van der Waals surface area (Å²) < 4.78 is 1.46. The third-order valence-electron chi connectivity index (χ3n) is 2.89. The first-order valence-corrected chi connectivity index (χ1v) is 5.77. The van der Waals surface area contributed by atoms with Crippen molar-refractivity contribution in [3.05, 3.63) is 66.0 Å². The van der Waals surface area contributed by atoms with Crippen molar-refractivity contribution < 1.29 is 4.79 Å². The molecule has 0 unspecified atom stereocenters. The van der Waals surface area contributed by atoms with Crippen LogP contribution < -0.4 is 0 Å². The quantitative estimate of drug-likeness (QED) is 0.664. The van der Waals surface area contributed by atoms with Gasteiger partial charge in [0.25, 0.3) is 5.91 Å². The van der Waals surface area contributed by atoms with Crippen molar-refractivity contribution in [3.8, 4) is 6.07 Å². The first-order chi connectivity index (χ1) is 9.29. The molecule has 0 fully saturated rings. The third-order valence-corrected chi connectivity index (χ3v) is 2.89. The van der Waals surface area contributed by atoms with E-state index in [9.17, 15) is 4.79 Å². The predicted molar refractivity (Wildman–Crippen MR) is 70.6 cm³/mol. The number of pyridine rings is 1. The van der Waals surface area contributed by atoms with Gasteiger partial charge in [-0.15, -0.1) is 0 Å². The van der Waals surface area contributed by atoms with Gasteiger partial charge in [0.2, 0.25) is 0 Å². The molecule has 0 saturated carbocycles. The van der Waals surface area contributed by atoms with E-state index in [0.717, 1.165) is 5.39 Å². The number of rotatable bonds is 1. The van der Waals surface area contributed by atoms with Crippen molar-refractivity contribution in [2.75, 3.05) is 0 Å². The molecule has 0 aliphatic carbocycles. The van der Waals surface area contributed by atoms with Crippen molar-refractivity contribution in [3.63, 3.8) is 0 Å². The van der Waals surface area contributed by atoms with Gasteiger partial charge in [0.15, 0.2) is 0 Å². The van der Waals surface area contributed by atoms with Gasteiger partial charge in [0.1, 0.15) is 17.4 Å². The smallest absolute Gasteiger partial charge is 0.263 e. The first kappa shape index (κ1) is 11.2. The van der Waals surface area contributed by atoms with E-state index in [-0.39, 0.29) is 5.91 Å². The molecule has 0 aliphatic rings. The lowest BCUT2D eigenvalue weighted by Crippen LogP contribution is -2.11. The fourth-order valence-corrected chi connectivity index (χ4v) is 1.95. The second-order valence-corrected chi connectivity index (χ2v) is 4.08. The first-order valence-electron chi connectivity index (χ1n) is 5.77. The Morgan fingerprint density at radius 1 is 1.11 bits per heavy atom. The van der Waals surface area contributed by atoms with Gasteiger partial charge < -0.3 is 0 Å². The minimum Gasteiger partial charge on any atom is -0.268 e. The zero-order valence-corrected chi connectivity index (χ0v) is 9.95. The van der Waals surface area contributed by atoms with Gasteiger partial charge in [0, 0.05) is 17.1 Å². The summed E-state index contributed by atoms with van der Waals surface area (Å²) >= 11 is 0. The van der Waals surface area contributed by atoms with Crippen LogP contribution in [0.25, 0.3) is 11.0 Å². The molecule has 0 atom stereocenters. The van der Waals surface area contributed by atoms with Gasteiger partial charge in [-0.3, -0.25) is 9.36 Å². The molecule has 0 saturated heterocycles. The van der Waals surface area contributed by atoms with Crippen LogP contribution in [0.3, 0.4) is 0 Å². The minimum absolute atomic E-state index is 0.154. The van der Waals surface area contributed by atoms with Crippen LogP contribution in [-0.2, 0) is 0 Å². The summed E-state index contributed by atoms with van der Waals surface area (Å²) in [6, 6.07) is 16.2. The van der Waals surface area contributed by atoms with Gasteiger partial charge in [-0.1, -0.05) is 18.2 Å². The summed E-state index contributed by atoms with van der Waals surface area (Å²) in [7, 11) is 0. The molecule has 1 aromatic carbocycles. The maximum Gasteiger partial charge on any atom is 0.263 e. The van der Waals surface area contributed by atoms with Crippen molar-refractivity contribution in [2.45, 2.75) is 0 Å². The van der Waals surface area contributed by atoms with Crippen molar-refractivity contribution >= 4 is 16.9 Å². The Morgan fingerprint density at radius 2 is 1.89 bits per heavy atom. The Bertz CT molecular complexity index is 797. The Kier molecular flexibility index (Phi) is 2.58. The number of aromatic nitrogens is 2.